The van der Waals surface area contributed by atoms with Gasteiger partial charge in [-0.05, 0) is 36.8 Å². The molecule has 0 spiro atoms. The standard InChI is InChI=1S/C23H36N4O5S.ClH.H2O/c1-32-16-18(28)10-6-7-12-25-23(31)20(14-17-8-4-3-5-9-17)27-21(29)15-26-22(30)19(24)11-13-33-2;;/h3-5,8-9,19-20H,6-7,10-16,24H2,1-2H3,(H,25,31)(H,26,30)(H,27,29);1H;1H2/t19-,20+;;/m1../s1. The molecule has 1 aromatic carbocycles. The molecule has 12 heteroatoms. The van der Waals surface area contributed by atoms with Crippen LogP contribution in [-0.2, 0) is 30.3 Å². The molecule has 0 saturated carbocycles. The van der Waals surface area contributed by atoms with Gasteiger partial charge in [-0.2, -0.15) is 11.8 Å². The maximum absolute atomic E-state index is 12.7. The minimum Gasteiger partial charge on any atom is -0.412 e. The lowest BCUT2D eigenvalue weighted by Crippen LogP contribution is -2.52. The topological polar surface area (TPSA) is 171 Å². The molecule has 3 amide bonds. The Morgan fingerprint density at radius 2 is 1.74 bits per heavy atom. The van der Waals surface area contributed by atoms with Crippen LogP contribution in [0.3, 0.4) is 0 Å². The molecule has 7 N–H and O–H groups in total. The fourth-order valence-electron chi connectivity index (χ4n) is 2.99. The summed E-state index contributed by atoms with van der Waals surface area (Å²) in [6, 6.07) is 7.87. The smallest absolute Gasteiger partial charge is 0.242 e. The molecule has 0 bridgehead atoms. The summed E-state index contributed by atoms with van der Waals surface area (Å²) in [6.07, 6.45) is 4.43. The number of carbonyl (C=O) groups is 4. The predicted molar refractivity (Wildman–Crippen MR) is 141 cm³/mol. The predicted octanol–water partition coefficient (Wildman–Crippen LogP) is 0.00960. The maximum Gasteiger partial charge on any atom is 0.242 e. The molecule has 1 aromatic rings. The van der Waals surface area contributed by atoms with E-state index in [2.05, 4.69) is 16.0 Å². The fraction of sp³-hybridized carbons (Fsp3) is 0.565. The molecule has 0 aliphatic rings. The van der Waals surface area contributed by atoms with E-state index in [4.69, 9.17) is 10.5 Å². The molecule has 0 aliphatic carbocycles. The Morgan fingerprint density at radius 1 is 1.06 bits per heavy atom. The monoisotopic (exact) mass is 534 g/mol. The van der Waals surface area contributed by atoms with Gasteiger partial charge in [0.05, 0.1) is 12.6 Å². The molecule has 0 aliphatic heterocycles. The van der Waals surface area contributed by atoms with Gasteiger partial charge in [0, 0.05) is 26.5 Å². The van der Waals surface area contributed by atoms with Crippen molar-refractivity contribution < 1.29 is 29.4 Å². The molecule has 1 rings (SSSR count). The highest BCUT2D eigenvalue weighted by Gasteiger charge is 2.22. The van der Waals surface area contributed by atoms with E-state index >= 15 is 0 Å². The minimum atomic E-state index is -0.794. The molecule has 0 heterocycles. The summed E-state index contributed by atoms with van der Waals surface area (Å²) < 4.78 is 4.80. The molecule has 0 fully saturated rings. The van der Waals surface area contributed by atoms with Gasteiger partial charge in [0.2, 0.25) is 17.7 Å². The zero-order valence-electron chi connectivity index (χ0n) is 20.3. The number of hydrogen-bond acceptors (Lipinski definition) is 7. The van der Waals surface area contributed by atoms with Crippen molar-refractivity contribution in [1.82, 2.24) is 16.0 Å². The Labute approximate surface area is 217 Å². The quantitative estimate of drug-likeness (QED) is 0.204. The van der Waals surface area contributed by atoms with Gasteiger partial charge in [-0.1, -0.05) is 30.3 Å². The third-order valence-corrected chi connectivity index (χ3v) is 5.46. The number of hydrogen-bond donors (Lipinski definition) is 4. The van der Waals surface area contributed by atoms with Gasteiger partial charge in [-0.25, -0.2) is 0 Å². The maximum atomic E-state index is 12.7. The zero-order chi connectivity index (χ0) is 24.5. The molecule has 0 radical (unpaired) electrons. The highest BCUT2D eigenvalue weighted by molar-refractivity contribution is 7.98. The van der Waals surface area contributed by atoms with E-state index in [1.165, 1.54) is 7.11 Å². The van der Waals surface area contributed by atoms with Crippen molar-refractivity contribution in [3.05, 3.63) is 35.9 Å². The summed E-state index contributed by atoms with van der Waals surface area (Å²) >= 11 is 1.59. The van der Waals surface area contributed by atoms with E-state index < -0.39 is 23.9 Å². The number of rotatable bonds is 17. The number of ether oxygens (including phenoxy) is 1. The normalized spacial score (nSPS) is 11.7. The second-order valence-corrected chi connectivity index (χ2v) is 8.62. The summed E-state index contributed by atoms with van der Waals surface area (Å²) in [7, 11) is 1.48. The van der Waals surface area contributed by atoms with Crippen molar-refractivity contribution in [3.63, 3.8) is 0 Å². The Hall–Kier alpha value is -2.18. The summed E-state index contributed by atoms with van der Waals surface area (Å²) in [4.78, 5) is 48.6. The van der Waals surface area contributed by atoms with Crippen LogP contribution in [0, 0.1) is 0 Å². The van der Waals surface area contributed by atoms with Gasteiger partial charge in [0.1, 0.15) is 12.6 Å². The van der Waals surface area contributed by atoms with Crippen molar-refractivity contribution in [2.24, 2.45) is 5.73 Å². The molecule has 2 atom stereocenters. The van der Waals surface area contributed by atoms with E-state index in [0.717, 1.165) is 11.3 Å². The van der Waals surface area contributed by atoms with Gasteiger partial charge in [0.15, 0.2) is 5.78 Å². The van der Waals surface area contributed by atoms with Crippen LogP contribution in [0.4, 0.5) is 0 Å². The Kier molecular flexibility index (Phi) is 21.1. The first-order chi connectivity index (χ1) is 15.9. The number of benzene rings is 1. The minimum absolute atomic E-state index is 0. The largest absolute Gasteiger partial charge is 0.412 e. The number of thioether (sulfide) groups is 1. The SMILES string of the molecule is COCC(=O)CCCCNC(=O)[C@H](Cc1ccccc1)NC(=O)CNC(=O)[C@H](N)CCSC.Cl.O. The lowest BCUT2D eigenvalue weighted by molar-refractivity contribution is -0.130. The number of halogens is 1. The molecular formula is C23H39ClN4O6S. The van der Waals surface area contributed by atoms with Crippen molar-refractivity contribution >= 4 is 47.7 Å². The Bertz CT molecular complexity index is 757. The third kappa shape index (κ3) is 16.2. The van der Waals surface area contributed by atoms with Gasteiger partial charge < -0.3 is 31.9 Å². The Morgan fingerprint density at radius 3 is 2.37 bits per heavy atom. The number of Topliss-reactive ketones (excluding diaryl/α,β-unsaturated/α-hetero) is 1. The summed E-state index contributed by atoms with van der Waals surface area (Å²) in [5, 5.41) is 8.03. The van der Waals surface area contributed by atoms with Gasteiger partial charge in [0.25, 0.3) is 0 Å². The number of unbranched alkanes of at least 4 members (excludes halogenated alkanes) is 1. The molecule has 35 heavy (non-hydrogen) atoms. The first-order valence-corrected chi connectivity index (χ1v) is 12.4. The number of methoxy groups -OCH3 is 1. The van der Waals surface area contributed by atoms with Crippen LogP contribution in [0.5, 0.6) is 0 Å². The molecule has 0 saturated heterocycles. The van der Waals surface area contributed by atoms with Crippen LogP contribution in [0.2, 0.25) is 0 Å². The van der Waals surface area contributed by atoms with Crippen molar-refractivity contribution in [2.75, 3.05) is 38.8 Å². The number of nitrogens with one attached hydrogen (secondary N) is 3. The van der Waals surface area contributed by atoms with Gasteiger partial charge in [-0.15, -0.1) is 12.4 Å². The van der Waals surface area contributed by atoms with Crippen LogP contribution < -0.4 is 21.7 Å². The van der Waals surface area contributed by atoms with E-state index in [-0.39, 0.29) is 42.7 Å². The van der Waals surface area contributed by atoms with Gasteiger partial charge in [-0.3, -0.25) is 19.2 Å². The number of ketones is 1. The van der Waals surface area contributed by atoms with Crippen LogP contribution >= 0.6 is 24.2 Å². The van der Waals surface area contributed by atoms with Crippen LogP contribution in [0.1, 0.15) is 31.2 Å². The van der Waals surface area contributed by atoms with Crippen molar-refractivity contribution in [2.45, 2.75) is 44.2 Å². The summed E-state index contributed by atoms with van der Waals surface area (Å²) in [5.74, 6) is -0.416. The third-order valence-electron chi connectivity index (χ3n) is 4.81. The molecule has 10 nitrogen and oxygen atoms in total. The number of nitrogens with two attached hydrogens (primary N) is 1. The highest BCUT2D eigenvalue weighted by Crippen LogP contribution is 2.04. The fourth-order valence-corrected chi connectivity index (χ4v) is 3.48. The Balaban J connectivity index is 0. The first-order valence-electron chi connectivity index (χ1n) is 11.0. The average molecular weight is 535 g/mol. The van der Waals surface area contributed by atoms with E-state index in [1.54, 1.807) is 11.8 Å². The molecule has 0 unspecified atom stereocenters. The molecule has 200 valence electrons. The lowest BCUT2D eigenvalue weighted by atomic mass is 10.0. The van der Waals surface area contributed by atoms with E-state index in [1.807, 2.05) is 36.6 Å². The van der Waals surface area contributed by atoms with Gasteiger partial charge >= 0.3 is 0 Å². The average Bonchev–Trinajstić information content (AvgIpc) is 2.81. The highest BCUT2D eigenvalue weighted by atomic mass is 35.5. The first kappa shape index (κ1) is 35.0. The lowest BCUT2D eigenvalue weighted by Gasteiger charge is -2.19. The van der Waals surface area contributed by atoms with Crippen LogP contribution in [0.25, 0.3) is 0 Å². The zero-order valence-corrected chi connectivity index (χ0v) is 22.0. The second-order valence-electron chi connectivity index (χ2n) is 7.64. The van der Waals surface area contributed by atoms with Crippen LogP contribution in [0.15, 0.2) is 30.3 Å². The summed E-state index contributed by atoms with van der Waals surface area (Å²) in [6.45, 7) is 0.226. The summed E-state index contributed by atoms with van der Waals surface area (Å²) in [5.41, 5.74) is 6.70. The van der Waals surface area contributed by atoms with Crippen molar-refractivity contribution in [3.8, 4) is 0 Å². The number of carbonyl (C=O) groups excluding carboxylic acids is 4. The number of amides is 3. The van der Waals surface area contributed by atoms with E-state index in [0.29, 0.717) is 38.6 Å². The molecular weight excluding hydrogens is 496 g/mol. The second kappa shape index (κ2) is 21.1. The van der Waals surface area contributed by atoms with Crippen LogP contribution in [-0.4, -0.2) is 79.9 Å². The molecule has 0 aromatic heterocycles. The van der Waals surface area contributed by atoms with E-state index in [9.17, 15) is 19.2 Å². The van der Waals surface area contributed by atoms with Crippen molar-refractivity contribution in [1.29, 1.82) is 0 Å².